The van der Waals surface area contributed by atoms with Gasteiger partial charge in [-0.15, -0.1) is 0 Å². The molecule has 148 valence electrons. The summed E-state index contributed by atoms with van der Waals surface area (Å²) in [4.78, 5) is 22.3. The van der Waals surface area contributed by atoms with Gasteiger partial charge in [0, 0.05) is 11.3 Å². The fraction of sp³-hybridized carbons (Fsp3) is 0.167. The van der Waals surface area contributed by atoms with Crippen LogP contribution in [0.2, 0.25) is 0 Å². The maximum absolute atomic E-state index is 12.7. The highest BCUT2D eigenvalue weighted by molar-refractivity contribution is 5.86. The van der Waals surface area contributed by atoms with Crippen molar-refractivity contribution in [2.75, 3.05) is 18.5 Å². The van der Waals surface area contributed by atoms with Crippen LogP contribution in [0.3, 0.4) is 0 Å². The molecule has 0 radical (unpaired) electrons. The Bertz CT molecular complexity index is 869. The lowest BCUT2D eigenvalue weighted by Gasteiger charge is -2.10. The van der Waals surface area contributed by atoms with E-state index in [0.29, 0.717) is 5.56 Å². The molecule has 0 aromatic heterocycles. The molecule has 1 amide bonds. The van der Waals surface area contributed by atoms with E-state index in [4.69, 9.17) is 9.84 Å². The van der Waals surface area contributed by atoms with Crippen molar-refractivity contribution < 1.29 is 32.6 Å². The first-order valence-electron chi connectivity index (χ1n) is 7.92. The highest BCUT2D eigenvalue weighted by Gasteiger charge is 2.30. The van der Waals surface area contributed by atoms with E-state index in [1.807, 2.05) is 0 Å². The zero-order valence-corrected chi connectivity index (χ0v) is 14.4. The largest absolute Gasteiger partial charge is 0.481 e. The number of amides is 1. The smallest absolute Gasteiger partial charge is 0.416 e. The standard InChI is InChI=1S/C18H16F3N3O4/c19-18(20,21)13-5-3-6-14(8-13)22-10-16(25)24-23-9-12-4-1-2-7-15(12)28-11-17(26)27/h1-9,22H,10-11H2,(H,24,25)(H,26,27). The van der Waals surface area contributed by atoms with Crippen molar-refractivity contribution in [1.82, 2.24) is 5.43 Å². The maximum Gasteiger partial charge on any atom is 0.416 e. The number of aliphatic carboxylic acids is 1. The maximum atomic E-state index is 12.7. The number of halogens is 3. The number of nitrogens with zero attached hydrogens (tertiary/aromatic N) is 1. The van der Waals surface area contributed by atoms with E-state index in [9.17, 15) is 22.8 Å². The second kappa shape index (κ2) is 9.40. The molecule has 2 aromatic rings. The van der Waals surface area contributed by atoms with Crippen LogP contribution in [-0.2, 0) is 15.8 Å². The van der Waals surface area contributed by atoms with E-state index >= 15 is 0 Å². The Morgan fingerprint density at radius 2 is 1.89 bits per heavy atom. The first kappa shape index (κ1) is 20.7. The molecule has 0 bridgehead atoms. The number of hydrogen-bond donors (Lipinski definition) is 3. The third-order valence-corrected chi connectivity index (χ3v) is 3.31. The third-order valence-electron chi connectivity index (χ3n) is 3.31. The van der Waals surface area contributed by atoms with Gasteiger partial charge in [0.05, 0.1) is 18.3 Å². The van der Waals surface area contributed by atoms with Crippen LogP contribution in [-0.4, -0.2) is 36.3 Å². The average Bonchev–Trinajstić information content (AvgIpc) is 2.65. The van der Waals surface area contributed by atoms with Gasteiger partial charge in [0.1, 0.15) is 5.75 Å². The molecule has 3 N–H and O–H groups in total. The molecule has 0 atom stereocenters. The lowest BCUT2D eigenvalue weighted by molar-refractivity contribution is -0.139. The van der Waals surface area contributed by atoms with Crippen molar-refractivity contribution in [2.45, 2.75) is 6.18 Å². The highest BCUT2D eigenvalue weighted by atomic mass is 19.4. The molecule has 28 heavy (non-hydrogen) atoms. The molecule has 0 heterocycles. The van der Waals surface area contributed by atoms with Gasteiger partial charge in [-0.25, -0.2) is 10.2 Å². The Morgan fingerprint density at radius 3 is 2.61 bits per heavy atom. The number of para-hydroxylation sites is 1. The average molecular weight is 395 g/mol. The van der Waals surface area contributed by atoms with E-state index in [2.05, 4.69) is 15.8 Å². The number of alkyl halides is 3. The first-order chi connectivity index (χ1) is 13.3. The summed E-state index contributed by atoms with van der Waals surface area (Å²) >= 11 is 0. The molecule has 0 aliphatic carbocycles. The summed E-state index contributed by atoms with van der Waals surface area (Å²) < 4.78 is 43.1. The van der Waals surface area contributed by atoms with Crippen LogP contribution in [0, 0.1) is 0 Å². The fourth-order valence-corrected chi connectivity index (χ4v) is 2.06. The van der Waals surface area contributed by atoms with Gasteiger partial charge in [-0.1, -0.05) is 18.2 Å². The number of carboxylic acids is 1. The second-order valence-electron chi connectivity index (χ2n) is 5.45. The number of carboxylic acid groups (broad SMARTS) is 1. The van der Waals surface area contributed by atoms with Gasteiger partial charge >= 0.3 is 12.1 Å². The quantitative estimate of drug-likeness (QED) is 0.471. The SMILES string of the molecule is O=C(O)COc1ccccc1C=NNC(=O)CNc1cccc(C(F)(F)F)c1. The summed E-state index contributed by atoms with van der Waals surface area (Å²) in [5, 5.41) is 14.9. The molecular weight excluding hydrogens is 379 g/mol. The summed E-state index contributed by atoms with van der Waals surface area (Å²) in [7, 11) is 0. The van der Waals surface area contributed by atoms with Crippen molar-refractivity contribution >= 4 is 23.8 Å². The number of carbonyl (C=O) groups excluding carboxylic acids is 1. The third kappa shape index (κ3) is 6.63. The number of rotatable bonds is 8. The molecule has 0 aliphatic rings. The Labute approximate surface area is 157 Å². The normalized spacial score (nSPS) is 11.2. The lowest BCUT2D eigenvalue weighted by atomic mass is 10.2. The van der Waals surface area contributed by atoms with Gasteiger partial charge in [0.25, 0.3) is 5.91 Å². The molecule has 0 fully saturated rings. The van der Waals surface area contributed by atoms with Crippen molar-refractivity contribution in [1.29, 1.82) is 0 Å². The molecule has 10 heteroatoms. The minimum Gasteiger partial charge on any atom is -0.481 e. The molecule has 2 aromatic carbocycles. The van der Waals surface area contributed by atoms with E-state index in [1.54, 1.807) is 24.3 Å². The zero-order chi connectivity index (χ0) is 20.6. The predicted octanol–water partition coefficient (Wildman–Crippen LogP) is 2.73. The van der Waals surface area contributed by atoms with Gasteiger partial charge < -0.3 is 15.2 Å². The van der Waals surface area contributed by atoms with Crippen molar-refractivity contribution in [3.05, 3.63) is 59.7 Å². The van der Waals surface area contributed by atoms with Gasteiger partial charge in [0.15, 0.2) is 6.61 Å². The minimum atomic E-state index is -4.47. The zero-order valence-electron chi connectivity index (χ0n) is 14.4. The van der Waals surface area contributed by atoms with Crippen molar-refractivity contribution in [2.24, 2.45) is 5.10 Å². The van der Waals surface area contributed by atoms with Crippen molar-refractivity contribution in [3.63, 3.8) is 0 Å². The fourth-order valence-electron chi connectivity index (χ4n) is 2.06. The van der Waals surface area contributed by atoms with Gasteiger partial charge in [-0.2, -0.15) is 18.3 Å². The van der Waals surface area contributed by atoms with Crippen LogP contribution in [0.5, 0.6) is 5.75 Å². The van der Waals surface area contributed by atoms with Crippen LogP contribution in [0.4, 0.5) is 18.9 Å². The molecule has 0 saturated heterocycles. The number of hydrazone groups is 1. The monoisotopic (exact) mass is 395 g/mol. The van der Waals surface area contributed by atoms with Crippen molar-refractivity contribution in [3.8, 4) is 5.75 Å². The van der Waals surface area contributed by atoms with E-state index in [1.165, 1.54) is 18.3 Å². The Morgan fingerprint density at radius 1 is 1.14 bits per heavy atom. The van der Waals surface area contributed by atoms with E-state index in [-0.39, 0.29) is 18.0 Å². The predicted molar refractivity (Wildman–Crippen MR) is 95.2 cm³/mol. The molecule has 7 nitrogen and oxygen atoms in total. The lowest BCUT2D eigenvalue weighted by Crippen LogP contribution is -2.26. The number of benzene rings is 2. The minimum absolute atomic E-state index is 0.140. The van der Waals surface area contributed by atoms with Crippen LogP contribution < -0.4 is 15.5 Å². The number of ether oxygens (including phenoxy) is 1. The first-order valence-corrected chi connectivity index (χ1v) is 7.92. The highest BCUT2D eigenvalue weighted by Crippen LogP contribution is 2.30. The Hall–Kier alpha value is -3.56. The molecule has 0 spiro atoms. The molecular formula is C18H16F3N3O4. The number of hydrogen-bond acceptors (Lipinski definition) is 5. The second-order valence-corrected chi connectivity index (χ2v) is 5.45. The summed E-state index contributed by atoms with van der Waals surface area (Å²) in [5.74, 6) is -1.46. The van der Waals surface area contributed by atoms with Crippen LogP contribution in [0.1, 0.15) is 11.1 Å². The molecule has 2 rings (SSSR count). The number of nitrogens with one attached hydrogen (secondary N) is 2. The Balaban J connectivity index is 1.89. The van der Waals surface area contributed by atoms with Gasteiger partial charge in [-0.05, 0) is 30.3 Å². The van der Waals surface area contributed by atoms with Gasteiger partial charge in [-0.3, -0.25) is 4.79 Å². The number of carbonyl (C=O) groups is 2. The van der Waals surface area contributed by atoms with E-state index < -0.39 is 30.2 Å². The summed E-state index contributed by atoms with van der Waals surface area (Å²) in [6, 6.07) is 10.9. The summed E-state index contributed by atoms with van der Waals surface area (Å²) in [6.07, 6.45) is -3.21. The van der Waals surface area contributed by atoms with Crippen LogP contribution >= 0.6 is 0 Å². The summed E-state index contributed by atoms with van der Waals surface area (Å²) in [6.45, 7) is -0.825. The topological polar surface area (TPSA) is 100 Å². The Kier molecular flexibility index (Phi) is 6.96. The number of anilines is 1. The van der Waals surface area contributed by atoms with E-state index in [0.717, 1.165) is 12.1 Å². The van der Waals surface area contributed by atoms with Crippen LogP contribution in [0.15, 0.2) is 53.6 Å². The van der Waals surface area contributed by atoms with Gasteiger partial charge in [0.2, 0.25) is 0 Å². The summed E-state index contributed by atoms with van der Waals surface area (Å²) in [5.41, 5.74) is 1.97. The van der Waals surface area contributed by atoms with Crippen LogP contribution in [0.25, 0.3) is 0 Å². The molecule has 0 unspecified atom stereocenters. The molecule has 0 saturated carbocycles. The molecule has 0 aliphatic heterocycles.